The van der Waals surface area contributed by atoms with Crippen molar-refractivity contribution in [1.29, 1.82) is 0 Å². The summed E-state index contributed by atoms with van der Waals surface area (Å²) in [4.78, 5) is 11.1. The summed E-state index contributed by atoms with van der Waals surface area (Å²) in [5.74, 6) is 0. The molecule has 10 aromatic rings. The number of thiophene rings is 1. The van der Waals surface area contributed by atoms with Gasteiger partial charge in [-0.2, -0.15) is 0 Å². The molecular formula is C58H42N2S. The van der Waals surface area contributed by atoms with E-state index in [4.69, 9.17) is 9.97 Å². The molecule has 2 aliphatic carbocycles. The van der Waals surface area contributed by atoms with Crippen LogP contribution in [0.15, 0.2) is 182 Å². The lowest BCUT2D eigenvalue weighted by Gasteiger charge is -2.24. The van der Waals surface area contributed by atoms with Gasteiger partial charge in [-0.25, -0.2) is 9.97 Å². The number of nitrogens with zero attached hydrogens (tertiary/aromatic N) is 2. The van der Waals surface area contributed by atoms with E-state index in [1.54, 1.807) is 0 Å². The van der Waals surface area contributed by atoms with Gasteiger partial charge in [-0.05, 0) is 86.0 Å². The molecule has 8 aromatic carbocycles. The van der Waals surface area contributed by atoms with Gasteiger partial charge in [-0.15, -0.1) is 11.3 Å². The Morgan fingerprint density at radius 3 is 1.44 bits per heavy atom. The van der Waals surface area contributed by atoms with Crippen LogP contribution in [0.1, 0.15) is 49.9 Å². The highest BCUT2D eigenvalue weighted by Gasteiger charge is 2.41. The Kier molecular flexibility index (Phi) is 7.83. The molecule has 0 N–H and O–H groups in total. The third kappa shape index (κ3) is 5.40. The van der Waals surface area contributed by atoms with Crippen molar-refractivity contribution in [3.05, 3.63) is 204 Å². The van der Waals surface area contributed by atoms with Crippen molar-refractivity contribution in [3.8, 4) is 78.4 Å². The van der Waals surface area contributed by atoms with E-state index in [9.17, 15) is 0 Å². The summed E-state index contributed by atoms with van der Waals surface area (Å²) in [7, 11) is 0. The summed E-state index contributed by atoms with van der Waals surface area (Å²) in [5.41, 5.74) is 21.2. The van der Waals surface area contributed by atoms with E-state index < -0.39 is 0 Å². The van der Waals surface area contributed by atoms with Gasteiger partial charge in [0.1, 0.15) is 0 Å². The Labute approximate surface area is 360 Å². The molecule has 0 saturated carbocycles. The van der Waals surface area contributed by atoms with Crippen LogP contribution in [0.25, 0.3) is 98.6 Å². The van der Waals surface area contributed by atoms with Crippen LogP contribution < -0.4 is 0 Å². The first-order valence-electron chi connectivity index (χ1n) is 21.2. The SMILES string of the molecule is CC1(C)c2ccccc2-c2cc3c(cc21)-c1ccc(-c2ccc4sc5c(-c6nc(-c7ccccc7)c(-c7ccccc7)nc6-c6ccccc6)cccc5c4c2)cc1C3(C)C. The van der Waals surface area contributed by atoms with Crippen molar-refractivity contribution < 1.29 is 0 Å². The quantitative estimate of drug-likeness (QED) is 0.173. The molecular weight excluding hydrogens is 757 g/mol. The molecule has 0 spiro atoms. The van der Waals surface area contributed by atoms with Gasteiger partial charge in [-0.3, -0.25) is 0 Å². The maximum atomic E-state index is 5.60. The van der Waals surface area contributed by atoms with Crippen LogP contribution in [0.4, 0.5) is 0 Å². The molecule has 2 heterocycles. The second-order valence-electron chi connectivity index (χ2n) is 17.7. The molecule has 12 rings (SSSR count). The first-order chi connectivity index (χ1) is 29.8. The monoisotopic (exact) mass is 798 g/mol. The van der Waals surface area contributed by atoms with Crippen LogP contribution in [-0.4, -0.2) is 9.97 Å². The summed E-state index contributed by atoms with van der Waals surface area (Å²) in [6.45, 7) is 9.56. The van der Waals surface area contributed by atoms with Crippen LogP contribution in [0.3, 0.4) is 0 Å². The second-order valence-corrected chi connectivity index (χ2v) is 18.8. The third-order valence-electron chi connectivity index (χ3n) is 13.5. The molecule has 2 aromatic heterocycles. The van der Waals surface area contributed by atoms with Crippen molar-refractivity contribution >= 4 is 31.5 Å². The van der Waals surface area contributed by atoms with Crippen LogP contribution >= 0.6 is 11.3 Å². The molecule has 0 radical (unpaired) electrons. The maximum Gasteiger partial charge on any atom is 0.0987 e. The molecule has 0 fully saturated rings. The number of aromatic nitrogens is 2. The second kappa shape index (κ2) is 13.3. The topological polar surface area (TPSA) is 25.8 Å². The number of hydrogen-bond acceptors (Lipinski definition) is 3. The Morgan fingerprint density at radius 2 is 0.803 bits per heavy atom. The summed E-state index contributed by atoms with van der Waals surface area (Å²) < 4.78 is 2.48. The van der Waals surface area contributed by atoms with Gasteiger partial charge in [0.15, 0.2) is 0 Å². The van der Waals surface area contributed by atoms with Crippen LogP contribution in [0.2, 0.25) is 0 Å². The molecule has 0 atom stereocenters. The Balaban J connectivity index is 0.996. The van der Waals surface area contributed by atoms with Gasteiger partial charge in [0, 0.05) is 53.3 Å². The average Bonchev–Trinajstić information content (AvgIpc) is 3.88. The van der Waals surface area contributed by atoms with Gasteiger partial charge in [0.05, 0.1) is 22.8 Å². The van der Waals surface area contributed by atoms with E-state index in [1.165, 1.54) is 75.8 Å². The van der Waals surface area contributed by atoms with E-state index in [2.05, 4.69) is 204 Å². The molecule has 2 nitrogen and oxygen atoms in total. The van der Waals surface area contributed by atoms with Gasteiger partial charge >= 0.3 is 0 Å². The molecule has 0 aliphatic heterocycles. The number of benzene rings is 8. The fourth-order valence-corrected chi connectivity index (χ4v) is 11.5. The molecule has 0 bridgehead atoms. The summed E-state index contributed by atoms with van der Waals surface area (Å²) in [6.07, 6.45) is 0. The largest absolute Gasteiger partial charge is 0.243 e. The van der Waals surface area contributed by atoms with Crippen LogP contribution in [0, 0.1) is 0 Å². The minimum absolute atomic E-state index is 0.0299. The fourth-order valence-electron chi connectivity index (χ4n) is 10.3. The fraction of sp³-hybridized carbons (Fsp3) is 0.103. The molecule has 0 saturated heterocycles. The molecule has 290 valence electrons. The predicted molar refractivity (Wildman–Crippen MR) is 257 cm³/mol. The highest BCUT2D eigenvalue weighted by atomic mass is 32.1. The van der Waals surface area contributed by atoms with Gasteiger partial charge < -0.3 is 0 Å². The minimum Gasteiger partial charge on any atom is -0.243 e. The van der Waals surface area contributed by atoms with Gasteiger partial charge in [0.25, 0.3) is 0 Å². The lowest BCUT2D eigenvalue weighted by atomic mass is 9.79. The van der Waals surface area contributed by atoms with Gasteiger partial charge in [-0.1, -0.05) is 179 Å². The molecule has 2 aliphatic rings. The predicted octanol–water partition coefficient (Wildman–Crippen LogP) is 15.8. The van der Waals surface area contributed by atoms with E-state index in [0.29, 0.717) is 0 Å². The van der Waals surface area contributed by atoms with Crippen LogP contribution in [0.5, 0.6) is 0 Å². The summed E-state index contributed by atoms with van der Waals surface area (Å²) >= 11 is 1.84. The highest BCUT2D eigenvalue weighted by molar-refractivity contribution is 7.26. The Bertz CT molecular complexity index is 3390. The zero-order valence-corrected chi connectivity index (χ0v) is 35.4. The number of fused-ring (bicyclic) bond motifs is 9. The molecule has 0 unspecified atom stereocenters. The third-order valence-corrected chi connectivity index (χ3v) is 14.7. The molecule has 3 heteroatoms. The Hall–Kier alpha value is -6.94. The van der Waals surface area contributed by atoms with E-state index in [0.717, 1.165) is 45.0 Å². The minimum atomic E-state index is -0.127. The Morgan fingerprint density at radius 1 is 0.328 bits per heavy atom. The van der Waals surface area contributed by atoms with E-state index >= 15 is 0 Å². The first kappa shape index (κ1) is 36.0. The zero-order valence-electron chi connectivity index (χ0n) is 34.6. The number of rotatable bonds is 5. The standard InChI is InChI=1S/C58H42N2S/c1-57(2)47-26-15-14-23-40(47)44-33-50-45(34-49(44)57)41-29-27-39(32-48(41)58(50,3)4)38-28-30-51-46(31-38)42-24-16-25-43(56(42)61-51)55-54(37-21-12-7-13-22-37)59-52(35-17-8-5-9-18-35)53(60-55)36-19-10-6-11-20-36/h5-34H,1-4H3. The molecule has 61 heavy (non-hydrogen) atoms. The van der Waals surface area contributed by atoms with Crippen molar-refractivity contribution in [2.75, 3.05) is 0 Å². The zero-order chi connectivity index (χ0) is 41.0. The normalized spacial score (nSPS) is 14.2. The van der Waals surface area contributed by atoms with Gasteiger partial charge in [0.2, 0.25) is 0 Å². The van der Waals surface area contributed by atoms with Crippen molar-refractivity contribution in [1.82, 2.24) is 9.97 Å². The maximum absolute atomic E-state index is 5.60. The lowest BCUT2D eigenvalue weighted by molar-refractivity contribution is 0.652. The summed E-state index contributed by atoms with van der Waals surface area (Å²) in [5, 5.41) is 2.50. The molecule has 0 amide bonds. The van der Waals surface area contributed by atoms with E-state index in [-0.39, 0.29) is 10.8 Å². The highest BCUT2D eigenvalue weighted by Crippen LogP contribution is 2.56. The van der Waals surface area contributed by atoms with Crippen molar-refractivity contribution in [2.45, 2.75) is 38.5 Å². The lowest BCUT2D eigenvalue weighted by Crippen LogP contribution is -2.17. The smallest absolute Gasteiger partial charge is 0.0987 e. The number of hydrogen-bond donors (Lipinski definition) is 0. The van der Waals surface area contributed by atoms with Crippen molar-refractivity contribution in [3.63, 3.8) is 0 Å². The summed E-state index contributed by atoms with van der Waals surface area (Å²) in [6, 6.07) is 66.3. The van der Waals surface area contributed by atoms with Crippen LogP contribution in [-0.2, 0) is 10.8 Å². The first-order valence-corrected chi connectivity index (χ1v) is 22.1. The average molecular weight is 799 g/mol. The van der Waals surface area contributed by atoms with Crippen molar-refractivity contribution in [2.24, 2.45) is 0 Å². The van der Waals surface area contributed by atoms with E-state index in [1.807, 2.05) is 17.4 Å².